The topological polar surface area (TPSA) is 17.1 Å². The van der Waals surface area contributed by atoms with Gasteiger partial charge in [-0.3, -0.25) is 4.79 Å². The lowest BCUT2D eigenvalue weighted by Crippen LogP contribution is -1.98. The van der Waals surface area contributed by atoms with Gasteiger partial charge < -0.3 is 0 Å². The van der Waals surface area contributed by atoms with Crippen LogP contribution in [-0.2, 0) is 0 Å². The second-order valence-electron chi connectivity index (χ2n) is 4.23. The third kappa shape index (κ3) is 2.30. The normalized spacial score (nSPS) is 10.4. The number of hydrogen-bond donors (Lipinski definition) is 0. The first kappa shape index (κ1) is 12.4. The van der Waals surface area contributed by atoms with Gasteiger partial charge in [0, 0.05) is 11.1 Å². The molecule has 0 saturated heterocycles. The number of halogens is 2. The predicted octanol–water partition coefficient (Wildman–Crippen LogP) is 4.14. The van der Waals surface area contributed by atoms with Gasteiger partial charge in [0.15, 0.2) is 5.78 Å². The SMILES string of the molecule is CC(=O)c1ccc(F)cc1-c1ccc(C)cc1F. The average Bonchev–Trinajstić information content (AvgIpc) is 2.28. The third-order valence-corrected chi connectivity index (χ3v) is 2.78. The molecule has 3 heteroatoms. The third-order valence-electron chi connectivity index (χ3n) is 2.78. The van der Waals surface area contributed by atoms with E-state index >= 15 is 0 Å². The van der Waals surface area contributed by atoms with Crippen molar-refractivity contribution in [1.29, 1.82) is 0 Å². The lowest BCUT2D eigenvalue weighted by molar-refractivity contribution is 0.101. The van der Waals surface area contributed by atoms with E-state index in [1.54, 1.807) is 19.1 Å². The molecule has 0 fully saturated rings. The zero-order valence-electron chi connectivity index (χ0n) is 10.1. The summed E-state index contributed by atoms with van der Waals surface area (Å²) in [5.41, 5.74) is 1.63. The van der Waals surface area contributed by atoms with Crippen LogP contribution in [0.2, 0.25) is 0 Å². The molecule has 2 rings (SSSR count). The molecule has 0 bridgehead atoms. The van der Waals surface area contributed by atoms with Crippen LogP contribution in [0.4, 0.5) is 8.78 Å². The molecule has 2 aromatic carbocycles. The summed E-state index contributed by atoms with van der Waals surface area (Å²) in [6.45, 7) is 3.15. The van der Waals surface area contributed by atoms with Gasteiger partial charge in [-0.2, -0.15) is 0 Å². The van der Waals surface area contributed by atoms with Crippen LogP contribution in [0.5, 0.6) is 0 Å². The Hall–Kier alpha value is -2.03. The van der Waals surface area contributed by atoms with E-state index in [-0.39, 0.29) is 11.3 Å². The molecule has 0 radical (unpaired) electrons. The number of carbonyl (C=O) groups is 1. The maximum atomic E-state index is 13.9. The van der Waals surface area contributed by atoms with Crippen molar-refractivity contribution < 1.29 is 13.6 Å². The minimum absolute atomic E-state index is 0.218. The quantitative estimate of drug-likeness (QED) is 0.728. The van der Waals surface area contributed by atoms with Crippen molar-refractivity contribution in [3.05, 3.63) is 59.2 Å². The van der Waals surface area contributed by atoms with Gasteiger partial charge in [-0.1, -0.05) is 12.1 Å². The molecular formula is C15H12F2O. The number of Topliss-reactive ketones (excluding diaryl/α,β-unsaturated/α-hetero) is 1. The van der Waals surface area contributed by atoms with E-state index in [4.69, 9.17) is 0 Å². The van der Waals surface area contributed by atoms with E-state index in [1.165, 1.54) is 31.2 Å². The van der Waals surface area contributed by atoms with Crippen LogP contribution in [0.3, 0.4) is 0 Å². The van der Waals surface area contributed by atoms with Gasteiger partial charge in [0.1, 0.15) is 11.6 Å². The molecule has 0 amide bonds. The first-order chi connectivity index (χ1) is 8.49. The highest BCUT2D eigenvalue weighted by Gasteiger charge is 2.13. The van der Waals surface area contributed by atoms with Crippen LogP contribution in [0, 0.1) is 18.6 Å². The van der Waals surface area contributed by atoms with Crippen LogP contribution >= 0.6 is 0 Å². The van der Waals surface area contributed by atoms with Crippen molar-refractivity contribution in [2.75, 3.05) is 0 Å². The van der Waals surface area contributed by atoms with E-state index in [0.717, 1.165) is 5.56 Å². The summed E-state index contributed by atoms with van der Waals surface area (Å²) in [5, 5.41) is 0. The zero-order valence-corrected chi connectivity index (χ0v) is 10.1. The molecule has 2 aromatic rings. The highest BCUT2D eigenvalue weighted by Crippen LogP contribution is 2.28. The molecule has 0 atom stereocenters. The highest BCUT2D eigenvalue weighted by molar-refractivity contribution is 6.00. The first-order valence-corrected chi connectivity index (χ1v) is 5.56. The molecule has 0 heterocycles. The van der Waals surface area contributed by atoms with Crippen LogP contribution in [-0.4, -0.2) is 5.78 Å². The van der Waals surface area contributed by atoms with Crippen molar-refractivity contribution in [1.82, 2.24) is 0 Å². The lowest BCUT2D eigenvalue weighted by Gasteiger charge is -2.09. The smallest absolute Gasteiger partial charge is 0.160 e. The number of ketones is 1. The number of rotatable bonds is 2. The van der Waals surface area contributed by atoms with Crippen molar-refractivity contribution in [2.45, 2.75) is 13.8 Å². The minimum atomic E-state index is -0.491. The maximum Gasteiger partial charge on any atom is 0.160 e. The molecule has 0 saturated carbocycles. The Bertz CT molecular complexity index is 618. The molecule has 0 aliphatic carbocycles. The number of aryl methyl sites for hydroxylation is 1. The second kappa shape index (κ2) is 4.69. The van der Waals surface area contributed by atoms with E-state index < -0.39 is 11.6 Å². The fraction of sp³-hybridized carbons (Fsp3) is 0.133. The largest absolute Gasteiger partial charge is 0.294 e. The molecule has 0 spiro atoms. The minimum Gasteiger partial charge on any atom is -0.294 e. The number of carbonyl (C=O) groups excluding carboxylic acids is 1. The van der Waals surface area contributed by atoms with Gasteiger partial charge in [0.25, 0.3) is 0 Å². The zero-order chi connectivity index (χ0) is 13.3. The Labute approximate surface area is 104 Å². The molecular weight excluding hydrogens is 234 g/mol. The Kier molecular flexibility index (Phi) is 3.24. The number of hydrogen-bond acceptors (Lipinski definition) is 1. The van der Waals surface area contributed by atoms with Crippen LogP contribution < -0.4 is 0 Å². The van der Waals surface area contributed by atoms with E-state index in [1.807, 2.05) is 0 Å². The van der Waals surface area contributed by atoms with Crippen LogP contribution in [0.1, 0.15) is 22.8 Å². The lowest BCUT2D eigenvalue weighted by atomic mass is 9.96. The standard InChI is InChI=1S/C15H12F2O/c1-9-3-5-13(15(17)7-9)14-8-11(16)4-6-12(14)10(2)18/h3-8H,1-2H3. The maximum absolute atomic E-state index is 13.9. The molecule has 1 nitrogen and oxygen atoms in total. The average molecular weight is 246 g/mol. The highest BCUT2D eigenvalue weighted by atomic mass is 19.1. The van der Waals surface area contributed by atoms with Crippen molar-refractivity contribution in [3.8, 4) is 11.1 Å². The van der Waals surface area contributed by atoms with Crippen molar-refractivity contribution in [3.63, 3.8) is 0 Å². The molecule has 18 heavy (non-hydrogen) atoms. The fourth-order valence-corrected chi connectivity index (χ4v) is 1.88. The monoisotopic (exact) mass is 246 g/mol. The molecule has 0 aliphatic rings. The summed E-state index contributed by atoms with van der Waals surface area (Å²) in [5.74, 6) is -1.16. The van der Waals surface area contributed by atoms with Gasteiger partial charge in [-0.05, 0) is 49.2 Å². The van der Waals surface area contributed by atoms with Gasteiger partial charge in [0.2, 0.25) is 0 Å². The first-order valence-electron chi connectivity index (χ1n) is 5.56. The predicted molar refractivity (Wildman–Crippen MR) is 66.5 cm³/mol. The summed E-state index contributed by atoms with van der Waals surface area (Å²) < 4.78 is 27.2. The van der Waals surface area contributed by atoms with E-state index in [2.05, 4.69) is 0 Å². The fourth-order valence-electron chi connectivity index (χ4n) is 1.88. The Morgan fingerprint density at radius 2 is 1.72 bits per heavy atom. The molecule has 92 valence electrons. The van der Waals surface area contributed by atoms with Gasteiger partial charge in [-0.25, -0.2) is 8.78 Å². The van der Waals surface area contributed by atoms with Gasteiger partial charge >= 0.3 is 0 Å². The Balaban J connectivity index is 2.69. The van der Waals surface area contributed by atoms with Gasteiger partial charge in [0.05, 0.1) is 0 Å². The molecule has 0 unspecified atom stereocenters. The summed E-state index contributed by atoms with van der Waals surface area (Å²) in [7, 11) is 0. The van der Waals surface area contributed by atoms with E-state index in [0.29, 0.717) is 11.1 Å². The molecule has 0 N–H and O–H groups in total. The van der Waals surface area contributed by atoms with Crippen molar-refractivity contribution in [2.24, 2.45) is 0 Å². The molecule has 0 aromatic heterocycles. The summed E-state index contributed by atoms with van der Waals surface area (Å²) in [6.07, 6.45) is 0. The van der Waals surface area contributed by atoms with E-state index in [9.17, 15) is 13.6 Å². The summed E-state index contributed by atoms with van der Waals surface area (Å²) >= 11 is 0. The van der Waals surface area contributed by atoms with Crippen LogP contribution in [0.15, 0.2) is 36.4 Å². The van der Waals surface area contributed by atoms with Gasteiger partial charge in [-0.15, -0.1) is 0 Å². The summed E-state index contributed by atoms with van der Waals surface area (Å²) in [6, 6.07) is 8.42. The number of benzene rings is 2. The van der Waals surface area contributed by atoms with Crippen LogP contribution in [0.25, 0.3) is 11.1 Å². The summed E-state index contributed by atoms with van der Waals surface area (Å²) in [4.78, 5) is 11.5. The second-order valence-corrected chi connectivity index (χ2v) is 4.23. The Morgan fingerprint density at radius 3 is 2.33 bits per heavy atom. The molecule has 0 aliphatic heterocycles. The van der Waals surface area contributed by atoms with Crippen molar-refractivity contribution >= 4 is 5.78 Å². The Morgan fingerprint density at radius 1 is 1.00 bits per heavy atom.